The van der Waals surface area contributed by atoms with Gasteiger partial charge in [-0.3, -0.25) is 0 Å². The van der Waals surface area contributed by atoms with E-state index >= 15 is 0 Å². The van der Waals surface area contributed by atoms with Crippen molar-refractivity contribution in [3.8, 4) is 34.1 Å². The Bertz CT molecular complexity index is 1280. The molecule has 4 heterocycles. The number of aromatic hydroxyl groups is 1. The number of tetrazole rings is 1. The molecule has 1 N–H and O–H groups in total. The maximum atomic E-state index is 12.9. The van der Waals surface area contributed by atoms with Gasteiger partial charge in [0, 0.05) is 24.1 Å². The maximum Gasteiger partial charge on any atom is 0.491 e. The highest BCUT2D eigenvalue weighted by Gasteiger charge is 2.45. The first kappa shape index (κ1) is 23.8. The van der Waals surface area contributed by atoms with Crippen molar-refractivity contribution in [2.24, 2.45) is 12.5 Å². The number of nitrogens with zero attached hydrogens (tertiary/aromatic N) is 9. The number of aryl methyl sites for hydroxylation is 1. The molecule has 36 heavy (non-hydrogen) atoms. The smallest absolute Gasteiger partial charge is 0.491 e. The Labute approximate surface area is 202 Å². The Balaban J connectivity index is 1.43. The number of likely N-dealkylation sites (tertiary alicyclic amines) is 1. The van der Waals surface area contributed by atoms with E-state index in [0.717, 1.165) is 49.9 Å². The lowest BCUT2D eigenvalue weighted by molar-refractivity contribution is -0.189. The molecule has 2 fully saturated rings. The molecule has 5 rings (SSSR count). The number of carbonyl (C=O) groups is 1. The minimum atomic E-state index is -5.26. The van der Waals surface area contributed by atoms with E-state index in [4.69, 9.17) is 0 Å². The molecule has 0 amide bonds. The van der Waals surface area contributed by atoms with Crippen LogP contribution in [0, 0.1) is 5.41 Å². The first-order valence-corrected chi connectivity index (χ1v) is 11.1. The number of ether oxygens (including phenoxy) is 1. The zero-order chi connectivity index (χ0) is 25.7. The number of anilines is 1. The third-order valence-corrected chi connectivity index (χ3v) is 6.47. The summed E-state index contributed by atoms with van der Waals surface area (Å²) in [6, 6.07) is 2.29. The van der Waals surface area contributed by atoms with Crippen molar-refractivity contribution in [3.63, 3.8) is 0 Å². The Hall–Kier alpha value is -3.88. The highest BCUT2D eigenvalue weighted by atomic mass is 19.4. The molecule has 0 bridgehead atoms. The number of halogens is 3. The summed E-state index contributed by atoms with van der Waals surface area (Å²) in [5.41, 5.74) is -0.0388. The lowest BCUT2D eigenvalue weighted by Gasteiger charge is -2.53. The number of alkyl halides is 3. The molecular weight excluding hydrogens is 483 g/mol. The number of carbonyl (C=O) groups excluding carboxylic acids is 1. The number of aromatic nitrogens is 7. The molecule has 15 heteroatoms. The number of phenols is 1. The largest absolute Gasteiger partial charge is 0.507 e. The Kier molecular flexibility index (Phi) is 5.73. The van der Waals surface area contributed by atoms with E-state index in [1.54, 1.807) is 0 Å². The summed E-state index contributed by atoms with van der Waals surface area (Å²) in [4.78, 5) is 21.3. The quantitative estimate of drug-likeness (QED) is 0.407. The molecule has 0 unspecified atom stereocenters. The summed E-state index contributed by atoms with van der Waals surface area (Å²) in [5.74, 6) is -3.21. The van der Waals surface area contributed by atoms with Crippen LogP contribution in [0.5, 0.6) is 11.5 Å². The van der Waals surface area contributed by atoms with Crippen LogP contribution in [0.4, 0.5) is 19.1 Å². The second-order valence-electron chi connectivity index (χ2n) is 9.16. The molecule has 2 saturated heterocycles. The molecule has 0 atom stereocenters. The molecule has 12 nitrogen and oxygen atoms in total. The number of hydrogen-bond acceptors (Lipinski definition) is 11. The van der Waals surface area contributed by atoms with Crippen LogP contribution < -0.4 is 9.64 Å². The van der Waals surface area contributed by atoms with Crippen LogP contribution in [0.3, 0.4) is 0 Å². The topological polar surface area (TPSA) is 135 Å². The van der Waals surface area contributed by atoms with Crippen molar-refractivity contribution in [1.82, 2.24) is 40.3 Å². The molecule has 1 spiro atoms. The fourth-order valence-corrected chi connectivity index (χ4v) is 4.47. The number of benzene rings is 1. The van der Waals surface area contributed by atoms with Gasteiger partial charge in [0.15, 0.2) is 0 Å². The van der Waals surface area contributed by atoms with Crippen LogP contribution in [-0.2, 0) is 11.8 Å². The fourth-order valence-electron chi connectivity index (χ4n) is 4.47. The SMILES string of the molecule is CN1CCC2(CC1)CN(c1ncc(-c3c(O)cc(-c4nnn(C)n4)cc3OC(=O)C(F)(F)F)nn1)C2. The molecule has 0 aliphatic carbocycles. The summed E-state index contributed by atoms with van der Waals surface area (Å²) in [5, 5.41) is 30.2. The van der Waals surface area contributed by atoms with Gasteiger partial charge in [0.05, 0.1) is 18.8 Å². The van der Waals surface area contributed by atoms with Crippen molar-refractivity contribution >= 4 is 11.9 Å². The molecule has 2 aliphatic rings. The van der Waals surface area contributed by atoms with Crippen LogP contribution in [0.2, 0.25) is 0 Å². The minimum Gasteiger partial charge on any atom is -0.507 e. The second-order valence-corrected chi connectivity index (χ2v) is 9.16. The summed E-state index contributed by atoms with van der Waals surface area (Å²) in [7, 11) is 3.59. The molecule has 1 aromatic carbocycles. The molecule has 0 saturated carbocycles. The van der Waals surface area contributed by atoms with E-state index in [0.29, 0.717) is 5.95 Å². The predicted octanol–water partition coefficient (Wildman–Crippen LogP) is 1.43. The first-order valence-electron chi connectivity index (χ1n) is 11.1. The van der Waals surface area contributed by atoms with E-state index in [1.165, 1.54) is 19.3 Å². The van der Waals surface area contributed by atoms with Gasteiger partial charge in [-0.25, -0.2) is 9.78 Å². The first-order chi connectivity index (χ1) is 17.0. The molecule has 2 aliphatic heterocycles. The van der Waals surface area contributed by atoms with Crippen LogP contribution >= 0.6 is 0 Å². The van der Waals surface area contributed by atoms with Gasteiger partial charge < -0.3 is 19.6 Å². The van der Waals surface area contributed by atoms with Crippen LogP contribution in [0.15, 0.2) is 18.3 Å². The third-order valence-electron chi connectivity index (χ3n) is 6.47. The Morgan fingerprint density at radius 3 is 2.42 bits per heavy atom. The highest BCUT2D eigenvalue weighted by Crippen LogP contribution is 2.43. The van der Waals surface area contributed by atoms with Crippen LogP contribution in [-0.4, -0.2) is 90.8 Å². The standard InChI is InChI=1S/C21H22F3N9O3/c1-31-5-3-20(4-6-31)10-33(11-20)19-25-9-13(26-28-19)16-14(34)7-12(17-27-30-32(2)29-17)8-15(16)36-18(35)21(22,23)24/h7-9,34H,3-6,10-11H2,1-2H3. The lowest BCUT2D eigenvalue weighted by atomic mass is 9.72. The number of rotatable bonds is 4. The van der Waals surface area contributed by atoms with E-state index in [9.17, 15) is 23.1 Å². The summed E-state index contributed by atoms with van der Waals surface area (Å²) in [6.45, 7) is 3.65. The normalized spacial score (nSPS) is 17.8. The van der Waals surface area contributed by atoms with Crippen molar-refractivity contribution in [1.29, 1.82) is 0 Å². The zero-order valence-corrected chi connectivity index (χ0v) is 19.4. The van der Waals surface area contributed by atoms with E-state index < -0.39 is 23.6 Å². The third kappa shape index (κ3) is 4.53. The van der Waals surface area contributed by atoms with E-state index in [1.807, 2.05) is 4.90 Å². The van der Waals surface area contributed by atoms with Crippen molar-refractivity contribution in [2.75, 3.05) is 38.1 Å². The molecule has 3 aromatic rings. The average molecular weight is 505 g/mol. The number of phenolic OH excluding ortho intramolecular Hbond substituents is 1. The maximum absolute atomic E-state index is 12.9. The average Bonchev–Trinajstić information content (AvgIpc) is 3.24. The lowest BCUT2D eigenvalue weighted by Crippen LogP contribution is -2.60. The Morgan fingerprint density at radius 1 is 1.11 bits per heavy atom. The number of hydrogen-bond donors (Lipinski definition) is 1. The number of piperidine rings is 1. The van der Waals surface area contributed by atoms with Gasteiger partial charge in [-0.1, -0.05) is 0 Å². The van der Waals surface area contributed by atoms with Gasteiger partial charge in [0.1, 0.15) is 17.2 Å². The van der Waals surface area contributed by atoms with E-state index in [2.05, 4.69) is 47.3 Å². The molecular formula is C21H22F3N9O3. The van der Waals surface area contributed by atoms with Crippen molar-refractivity contribution in [3.05, 3.63) is 18.3 Å². The highest BCUT2D eigenvalue weighted by molar-refractivity contribution is 5.84. The second kappa shape index (κ2) is 8.65. The van der Waals surface area contributed by atoms with Crippen LogP contribution in [0.25, 0.3) is 22.6 Å². The Morgan fingerprint density at radius 2 is 1.83 bits per heavy atom. The predicted molar refractivity (Wildman–Crippen MR) is 118 cm³/mol. The molecule has 0 radical (unpaired) electrons. The fraction of sp³-hybridized carbons (Fsp3) is 0.476. The molecule has 190 valence electrons. The molecule has 2 aromatic heterocycles. The summed E-state index contributed by atoms with van der Waals surface area (Å²) in [6.07, 6.45) is -1.83. The van der Waals surface area contributed by atoms with Gasteiger partial charge in [0.2, 0.25) is 11.8 Å². The van der Waals surface area contributed by atoms with Gasteiger partial charge in [-0.2, -0.15) is 18.0 Å². The van der Waals surface area contributed by atoms with Gasteiger partial charge >= 0.3 is 12.1 Å². The summed E-state index contributed by atoms with van der Waals surface area (Å²) >= 11 is 0. The summed E-state index contributed by atoms with van der Waals surface area (Å²) < 4.78 is 43.4. The monoisotopic (exact) mass is 505 g/mol. The van der Waals surface area contributed by atoms with Crippen LogP contribution in [0.1, 0.15) is 12.8 Å². The van der Waals surface area contributed by atoms with E-state index in [-0.39, 0.29) is 28.1 Å². The number of esters is 1. The van der Waals surface area contributed by atoms with Crippen molar-refractivity contribution in [2.45, 2.75) is 19.0 Å². The van der Waals surface area contributed by atoms with Crippen molar-refractivity contribution < 1.29 is 27.8 Å². The van der Waals surface area contributed by atoms with Gasteiger partial charge in [0.25, 0.3) is 0 Å². The van der Waals surface area contributed by atoms with Gasteiger partial charge in [-0.05, 0) is 50.3 Å². The minimum absolute atomic E-state index is 0.00355. The zero-order valence-electron chi connectivity index (χ0n) is 19.4. The van der Waals surface area contributed by atoms with Gasteiger partial charge in [-0.15, -0.1) is 20.4 Å².